The first-order valence-electron chi connectivity index (χ1n) is 11.7. The van der Waals surface area contributed by atoms with Gasteiger partial charge in [0, 0.05) is 32.8 Å². The Kier molecular flexibility index (Phi) is 4.24. The number of furan rings is 1. The highest BCUT2D eigenvalue weighted by atomic mass is 16.3. The lowest BCUT2D eigenvalue weighted by Gasteiger charge is -2.08. The van der Waals surface area contributed by atoms with E-state index in [4.69, 9.17) is 4.42 Å². The minimum absolute atomic E-state index is 0.376. The summed E-state index contributed by atoms with van der Waals surface area (Å²) in [5, 5.41) is 23.6. The number of hydrogen-bond donors (Lipinski definition) is 0. The lowest BCUT2D eigenvalue weighted by molar-refractivity contribution is 0.669. The van der Waals surface area contributed by atoms with E-state index >= 15 is 0 Å². The number of fused-ring (bicyclic) bond motifs is 6. The summed E-state index contributed by atoms with van der Waals surface area (Å²) in [4.78, 5) is 0. The molecule has 0 aliphatic carbocycles. The second kappa shape index (κ2) is 7.60. The molecule has 166 valence electrons. The van der Waals surface area contributed by atoms with Crippen LogP contribution in [0, 0.1) is 22.7 Å². The van der Waals surface area contributed by atoms with Crippen molar-refractivity contribution in [2.75, 3.05) is 0 Å². The number of rotatable bonds is 2. The van der Waals surface area contributed by atoms with Gasteiger partial charge >= 0.3 is 0 Å². The van der Waals surface area contributed by atoms with Crippen molar-refractivity contribution in [1.29, 1.82) is 10.5 Å². The van der Waals surface area contributed by atoms with Crippen molar-refractivity contribution in [3.05, 3.63) is 114 Å². The maximum Gasteiger partial charge on any atom is 0.135 e. The molecule has 2 aromatic heterocycles. The van der Waals surface area contributed by atoms with Gasteiger partial charge < -0.3 is 8.98 Å². The summed E-state index contributed by atoms with van der Waals surface area (Å²) in [6.07, 6.45) is 0. The Labute approximate surface area is 206 Å². The van der Waals surface area contributed by atoms with Crippen molar-refractivity contribution in [3.63, 3.8) is 0 Å². The summed E-state index contributed by atoms with van der Waals surface area (Å²) in [5.74, 6) is 0. The fourth-order valence-corrected chi connectivity index (χ4v) is 5.28. The van der Waals surface area contributed by atoms with E-state index in [0.717, 1.165) is 49.8 Å². The highest BCUT2D eigenvalue weighted by Gasteiger charge is 2.16. The highest BCUT2D eigenvalue weighted by molar-refractivity contribution is 6.11. The molecule has 0 N–H and O–H groups in total. The summed E-state index contributed by atoms with van der Waals surface area (Å²) in [7, 11) is 0. The average molecular weight is 460 g/mol. The van der Waals surface area contributed by atoms with Gasteiger partial charge in [-0.1, -0.05) is 54.6 Å². The van der Waals surface area contributed by atoms with Crippen LogP contribution in [-0.4, -0.2) is 4.57 Å². The van der Waals surface area contributed by atoms with E-state index in [1.807, 2.05) is 36.4 Å². The zero-order chi connectivity index (χ0) is 24.2. The predicted molar refractivity (Wildman–Crippen MR) is 143 cm³/mol. The zero-order valence-electron chi connectivity index (χ0n) is 19.1. The molecule has 5 aromatic carbocycles. The first kappa shape index (κ1) is 20.1. The fraction of sp³-hybridized carbons (Fsp3) is 0. The number of para-hydroxylation sites is 2. The molecular weight excluding hydrogens is 442 g/mol. The predicted octanol–water partition coefficient (Wildman–Crippen LogP) is 8.09. The van der Waals surface area contributed by atoms with Gasteiger partial charge in [-0.25, -0.2) is 0 Å². The molecule has 4 heteroatoms. The fourth-order valence-electron chi connectivity index (χ4n) is 5.28. The van der Waals surface area contributed by atoms with Crippen LogP contribution in [-0.2, 0) is 0 Å². The molecule has 0 saturated heterocycles. The number of hydrogen-bond acceptors (Lipinski definition) is 3. The van der Waals surface area contributed by atoms with Crippen molar-refractivity contribution >= 4 is 43.7 Å². The topological polar surface area (TPSA) is 65.7 Å². The Morgan fingerprint density at radius 2 is 1.25 bits per heavy atom. The molecule has 0 unspecified atom stereocenters. The van der Waals surface area contributed by atoms with Crippen LogP contribution in [0.25, 0.3) is 60.6 Å². The van der Waals surface area contributed by atoms with Crippen molar-refractivity contribution < 1.29 is 4.42 Å². The molecule has 0 saturated carbocycles. The third-order valence-electron chi connectivity index (χ3n) is 6.90. The SMILES string of the molecule is N#Cc1cccc(-c2ccc3oc4ccc(-n5c6ccccc6c6ccccc65)cc4c3c2)c1C#N. The molecule has 0 fully saturated rings. The molecule has 0 bridgehead atoms. The molecule has 7 aromatic rings. The largest absolute Gasteiger partial charge is 0.456 e. The van der Waals surface area contributed by atoms with Crippen molar-refractivity contribution in [2.24, 2.45) is 0 Å². The lowest BCUT2D eigenvalue weighted by Crippen LogP contribution is -1.93. The Morgan fingerprint density at radius 3 is 1.94 bits per heavy atom. The van der Waals surface area contributed by atoms with Gasteiger partial charge in [0.1, 0.15) is 23.3 Å². The minimum atomic E-state index is 0.376. The molecule has 7 rings (SSSR count). The molecule has 0 amide bonds. The third kappa shape index (κ3) is 2.79. The van der Waals surface area contributed by atoms with E-state index < -0.39 is 0 Å². The first-order chi connectivity index (χ1) is 17.8. The first-order valence-corrected chi connectivity index (χ1v) is 11.7. The Bertz CT molecular complexity index is 2030. The van der Waals surface area contributed by atoms with Gasteiger partial charge in [-0.05, 0) is 54.1 Å². The summed E-state index contributed by atoms with van der Waals surface area (Å²) < 4.78 is 8.45. The highest BCUT2D eigenvalue weighted by Crippen LogP contribution is 2.37. The zero-order valence-corrected chi connectivity index (χ0v) is 19.1. The van der Waals surface area contributed by atoms with Crippen molar-refractivity contribution in [3.8, 4) is 29.0 Å². The Balaban J connectivity index is 1.49. The van der Waals surface area contributed by atoms with E-state index in [2.05, 4.69) is 77.4 Å². The van der Waals surface area contributed by atoms with Crippen molar-refractivity contribution in [1.82, 2.24) is 4.57 Å². The summed E-state index contributed by atoms with van der Waals surface area (Å²) in [6.45, 7) is 0. The van der Waals surface area contributed by atoms with E-state index in [0.29, 0.717) is 11.1 Å². The molecule has 4 nitrogen and oxygen atoms in total. The van der Waals surface area contributed by atoms with E-state index in [9.17, 15) is 10.5 Å². The molecule has 0 atom stereocenters. The quantitative estimate of drug-likeness (QED) is 0.262. The van der Waals surface area contributed by atoms with Crippen LogP contribution >= 0.6 is 0 Å². The third-order valence-corrected chi connectivity index (χ3v) is 6.90. The molecule has 0 radical (unpaired) electrons. The van der Waals surface area contributed by atoms with Gasteiger partial charge in [-0.15, -0.1) is 0 Å². The average Bonchev–Trinajstić information content (AvgIpc) is 3.47. The normalized spacial score (nSPS) is 11.3. The van der Waals surface area contributed by atoms with Gasteiger partial charge in [0.2, 0.25) is 0 Å². The molecule has 0 aliphatic heterocycles. The van der Waals surface area contributed by atoms with E-state index in [-0.39, 0.29) is 0 Å². The molecule has 2 heterocycles. The second-order valence-electron chi connectivity index (χ2n) is 8.81. The number of aromatic nitrogens is 1. The smallest absolute Gasteiger partial charge is 0.135 e. The van der Waals surface area contributed by atoms with Gasteiger partial charge in [0.15, 0.2) is 0 Å². The van der Waals surface area contributed by atoms with Gasteiger partial charge in [0.25, 0.3) is 0 Å². The summed E-state index contributed by atoms with van der Waals surface area (Å²) in [5.41, 5.74) is 7.32. The Morgan fingerprint density at radius 1 is 0.583 bits per heavy atom. The molecule has 36 heavy (non-hydrogen) atoms. The summed E-state index contributed by atoms with van der Waals surface area (Å²) >= 11 is 0. The van der Waals surface area contributed by atoms with Crippen LogP contribution in [0.2, 0.25) is 0 Å². The standard InChI is InChI=1S/C32H17N3O/c33-18-21-6-5-9-23(28(21)19-34)20-12-14-31-26(16-20)27-17-22(13-15-32(27)36-31)35-29-10-3-1-7-24(29)25-8-2-4-11-30(25)35/h1-17H. The van der Waals surface area contributed by atoms with Crippen molar-refractivity contribution in [2.45, 2.75) is 0 Å². The van der Waals surface area contributed by atoms with Gasteiger partial charge in [-0.2, -0.15) is 10.5 Å². The minimum Gasteiger partial charge on any atom is -0.456 e. The number of nitriles is 2. The summed E-state index contributed by atoms with van der Waals surface area (Å²) in [6, 6.07) is 38.8. The van der Waals surface area contributed by atoms with E-state index in [1.54, 1.807) is 6.07 Å². The lowest BCUT2D eigenvalue weighted by atomic mass is 9.95. The van der Waals surface area contributed by atoms with Crippen LogP contribution in [0.5, 0.6) is 0 Å². The maximum atomic E-state index is 9.73. The maximum absolute atomic E-state index is 9.73. The van der Waals surface area contributed by atoms with E-state index in [1.165, 1.54) is 10.8 Å². The van der Waals surface area contributed by atoms with Gasteiger partial charge in [0.05, 0.1) is 22.2 Å². The van der Waals surface area contributed by atoms with Crippen LogP contribution < -0.4 is 0 Å². The second-order valence-corrected chi connectivity index (χ2v) is 8.81. The molecular formula is C32H17N3O. The van der Waals surface area contributed by atoms with Crippen LogP contribution in [0.15, 0.2) is 108 Å². The molecule has 0 aliphatic rings. The van der Waals surface area contributed by atoms with Crippen LogP contribution in [0.4, 0.5) is 0 Å². The number of nitrogens with zero attached hydrogens (tertiary/aromatic N) is 3. The van der Waals surface area contributed by atoms with Crippen LogP contribution in [0.1, 0.15) is 11.1 Å². The molecule has 0 spiro atoms. The Hall–Kier alpha value is -5.32. The monoisotopic (exact) mass is 459 g/mol. The van der Waals surface area contributed by atoms with Gasteiger partial charge in [-0.3, -0.25) is 0 Å². The van der Waals surface area contributed by atoms with Crippen LogP contribution in [0.3, 0.4) is 0 Å². The number of benzene rings is 5.